The zero-order chi connectivity index (χ0) is 14.0. The molecule has 0 aromatic heterocycles. The topological polar surface area (TPSA) is 49.4 Å². The van der Waals surface area contributed by atoms with Crippen molar-refractivity contribution in [2.24, 2.45) is 0 Å². The third-order valence-electron chi connectivity index (χ3n) is 2.63. The van der Waals surface area contributed by atoms with Gasteiger partial charge in [-0.2, -0.15) is 0 Å². The first-order valence-electron chi connectivity index (χ1n) is 5.93. The zero-order valence-corrected chi connectivity index (χ0v) is 12.0. The number of anilines is 1. The van der Waals surface area contributed by atoms with Crippen LogP contribution in [0.4, 0.5) is 5.69 Å². The number of Topliss-reactive ketones (excluding diaryl/α,β-unsaturated/α-hetero) is 1. The number of nitrogens with one attached hydrogen (secondary N) is 1. The summed E-state index contributed by atoms with van der Waals surface area (Å²) in [5.41, 5.74) is 2.10. The minimum atomic E-state index is -0.139. The number of rotatable bonds is 2. The van der Waals surface area contributed by atoms with Crippen molar-refractivity contribution in [3.63, 3.8) is 0 Å². The molecular formula is C14H16N2O2S. The first-order chi connectivity index (χ1) is 8.97. The lowest BCUT2D eigenvalue weighted by molar-refractivity contribution is -0.114. The van der Waals surface area contributed by atoms with E-state index in [9.17, 15) is 9.59 Å². The first-order valence-corrected chi connectivity index (χ1v) is 6.92. The standard InChI is InChI=1S/C14H16N2O2S/c1-9(17)15-11-4-5-13-12(6-11)14(18)10(8-19-13)7-16(2)3/h4-7H,8H2,1-3H3,(H,15,17). The van der Waals surface area contributed by atoms with Crippen LogP contribution in [0.3, 0.4) is 0 Å². The van der Waals surface area contributed by atoms with E-state index in [4.69, 9.17) is 0 Å². The van der Waals surface area contributed by atoms with Crippen molar-refractivity contribution in [1.82, 2.24) is 4.90 Å². The van der Waals surface area contributed by atoms with Crippen LogP contribution >= 0.6 is 11.8 Å². The Bertz CT molecular complexity index is 565. The van der Waals surface area contributed by atoms with Crippen LogP contribution in [0.15, 0.2) is 34.9 Å². The summed E-state index contributed by atoms with van der Waals surface area (Å²) in [6.45, 7) is 1.45. The van der Waals surface area contributed by atoms with Gasteiger partial charge in [0, 0.05) is 54.7 Å². The fraction of sp³-hybridized carbons (Fsp3) is 0.286. The summed E-state index contributed by atoms with van der Waals surface area (Å²) in [5.74, 6) is 0.582. The van der Waals surface area contributed by atoms with Crippen LogP contribution in [-0.2, 0) is 4.79 Å². The highest BCUT2D eigenvalue weighted by Crippen LogP contribution is 2.34. The smallest absolute Gasteiger partial charge is 0.221 e. The van der Waals surface area contributed by atoms with Gasteiger partial charge in [0.15, 0.2) is 5.78 Å². The molecule has 1 N–H and O–H groups in total. The lowest BCUT2D eigenvalue weighted by atomic mass is 10.0. The van der Waals surface area contributed by atoms with Gasteiger partial charge >= 0.3 is 0 Å². The summed E-state index contributed by atoms with van der Waals surface area (Å²) in [7, 11) is 3.79. The number of carbonyl (C=O) groups excluding carboxylic acids is 2. The number of hydrogen-bond acceptors (Lipinski definition) is 4. The average molecular weight is 276 g/mol. The monoisotopic (exact) mass is 276 g/mol. The van der Waals surface area contributed by atoms with E-state index in [0.29, 0.717) is 17.0 Å². The number of nitrogens with zero attached hydrogens (tertiary/aromatic N) is 1. The van der Waals surface area contributed by atoms with E-state index >= 15 is 0 Å². The molecule has 0 radical (unpaired) electrons. The minimum absolute atomic E-state index is 0.0367. The Labute approximate surface area is 116 Å². The molecule has 1 aliphatic rings. The Hall–Kier alpha value is -1.75. The maximum absolute atomic E-state index is 12.4. The molecule has 1 aromatic rings. The van der Waals surface area contributed by atoms with Crippen molar-refractivity contribution in [1.29, 1.82) is 0 Å². The second-order valence-electron chi connectivity index (χ2n) is 4.63. The Morgan fingerprint density at radius 3 is 2.79 bits per heavy atom. The fourth-order valence-electron chi connectivity index (χ4n) is 1.92. The highest BCUT2D eigenvalue weighted by atomic mass is 32.2. The molecule has 0 aliphatic carbocycles. The third-order valence-corrected chi connectivity index (χ3v) is 3.76. The Kier molecular flexibility index (Phi) is 3.95. The quantitative estimate of drug-likeness (QED) is 0.843. The molecular weight excluding hydrogens is 260 g/mol. The van der Waals surface area contributed by atoms with Gasteiger partial charge in [-0.05, 0) is 18.2 Å². The van der Waals surface area contributed by atoms with Crippen molar-refractivity contribution >= 4 is 29.1 Å². The molecule has 5 heteroatoms. The summed E-state index contributed by atoms with van der Waals surface area (Å²) in [6, 6.07) is 5.45. The second kappa shape index (κ2) is 5.48. The van der Waals surface area contributed by atoms with Crippen LogP contribution in [-0.4, -0.2) is 36.4 Å². The van der Waals surface area contributed by atoms with E-state index in [1.165, 1.54) is 6.92 Å². The summed E-state index contributed by atoms with van der Waals surface area (Å²) in [5, 5.41) is 2.70. The van der Waals surface area contributed by atoms with Gasteiger partial charge in [-0.25, -0.2) is 0 Å². The molecule has 1 amide bonds. The molecule has 0 unspecified atom stereocenters. The predicted molar refractivity (Wildman–Crippen MR) is 77.6 cm³/mol. The summed E-state index contributed by atoms with van der Waals surface area (Å²) < 4.78 is 0. The van der Waals surface area contributed by atoms with Crippen LogP contribution in [0, 0.1) is 0 Å². The number of hydrogen-bond donors (Lipinski definition) is 1. The molecule has 0 spiro atoms. The Morgan fingerprint density at radius 1 is 1.42 bits per heavy atom. The fourth-order valence-corrected chi connectivity index (χ4v) is 2.90. The van der Waals surface area contributed by atoms with Crippen LogP contribution in [0.1, 0.15) is 17.3 Å². The molecule has 1 aliphatic heterocycles. The maximum atomic E-state index is 12.4. The summed E-state index contributed by atoms with van der Waals surface area (Å²) in [6.07, 6.45) is 1.85. The second-order valence-corrected chi connectivity index (χ2v) is 5.65. The lowest BCUT2D eigenvalue weighted by Crippen LogP contribution is -2.16. The lowest BCUT2D eigenvalue weighted by Gasteiger charge is -2.19. The molecule has 4 nitrogen and oxygen atoms in total. The van der Waals surface area contributed by atoms with E-state index in [1.54, 1.807) is 17.8 Å². The molecule has 0 atom stereocenters. The average Bonchev–Trinajstić information content (AvgIpc) is 2.32. The number of benzene rings is 1. The van der Waals surface area contributed by atoms with Crippen molar-refractivity contribution in [3.05, 3.63) is 35.5 Å². The van der Waals surface area contributed by atoms with E-state index in [-0.39, 0.29) is 11.7 Å². The number of thioether (sulfide) groups is 1. The SMILES string of the molecule is CC(=O)Nc1ccc2c(c1)C(=O)C(=CN(C)C)CS2. The first kappa shape index (κ1) is 13.7. The van der Waals surface area contributed by atoms with Crippen LogP contribution in [0.2, 0.25) is 0 Å². The van der Waals surface area contributed by atoms with Gasteiger partial charge in [0.05, 0.1) is 0 Å². The number of fused-ring (bicyclic) bond motifs is 1. The van der Waals surface area contributed by atoms with Gasteiger partial charge in [-0.15, -0.1) is 11.8 Å². The van der Waals surface area contributed by atoms with E-state index in [1.807, 2.05) is 37.3 Å². The predicted octanol–water partition coefficient (Wildman–Crippen LogP) is 2.38. The number of carbonyl (C=O) groups is 2. The normalized spacial score (nSPS) is 16.2. The molecule has 1 heterocycles. The largest absolute Gasteiger partial charge is 0.383 e. The van der Waals surface area contributed by atoms with Gasteiger partial charge in [0.25, 0.3) is 0 Å². The molecule has 0 fully saturated rings. The van der Waals surface area contributed by atoms with Gasteiger partial charge in [-0.3, -0.25) is 9.59 Å². The van der Waals surface area contributed by atoms with Crippen molar-refractivity contribution in [2.45, 2.75) is 11.8 Å². The van der Waals surface area contributed by atoms with Crippen molar-refractivity contribution in [2.75, 3.05) is 25.2 Å². The molecule has 19 heavy (non-hydrogen) atoms. The van der Waals surface area contributed by atoms with Gasteiger partial charge in [0.1, 0.15) is 0 Å². The molecule has 0 saturated heterocycles. The molecule has 0 bridgehead atoms. The van der Waals surface area contributed by atoms with Crippen LogP contribution in [0.5, 0.6) is 0 Å². The molecule has 2 rings (SSSR count). The maximum Gasteiger partial charge on any atom is 0.221 e. The van der Waals surface area contributed by atoms with Crippen molar-refractivity contribution in [3.8, 4) is 0 Å². The van der Waals surface area contributed by atoms with Gasteiger partial charge < -0.3 is 10.2 Å². The minimum Gasteiger partial charge on any atom is -0.383 e. The highest BCUT2D eigenvalue weighted by Gasteiger charge is 2.23. The Balaban J connectivity index is 2.36. The molecule has 0 saturated carbocycles. The zero-order valence-electron chi connectivity index (χ0n) is 11.2. The summed E-state index contributed by atoms with van der Waals surface area (Å²) >= 11 is 1.64. The van der Waals surface area contributed by atoms with E-state index < -0.39 is 0 Å². The van der Waals surface area contributed by atoms with Crippen LogP contribution in [0.25, 0.3) is 0 Å². The third kappa shape index (κ3) is 3.17. The van der Waals surface area contributed by atoms with E-state index in [0.717, 1.165) is 10.5 Å². The van der Waals surface area contributed by atoms with Gasteiger partial charge in [0.2, 0.25) is 5.91 Å². The van der Waals surface area contributed by atoms with Gasteiger partial charge in [-0.1, -0.05) is 0 Å². The molecule has 1 aromatic carbocycles. The molecule has 100 valence electrons. The van der Waals surface area contributed by atoms with E-state index in [2.05, 4.69) is 5.32 Å². The highest BCUT2D eigenvalue weighted by molar-refractivity contribution is 7.99. The number of ketones is 1. The van der Waals surface area contributed by atoms with Crippen LogP contribution < -0.4 is 5.32 Å². The summed E-state index contributed by atoms with van der Waals surface area (Å²) in [4.78, 5) is 26.3. The number of amides is 1. The van der Waals surface area contributed by atoms with Crippen molar-refractivity contribution < 1.29 is 9.59 Å². The Morgan fingerprint density at radius 2 is 2.16 bits per heavy atom.